The molecule has 0 aliphatic heterocycles. The van der Waals surface area contributed by atoms with E-state index < -0.39 is 5.97 Å². The van der Waals surface area contributed by atoms with Gasteiger partial charge in [0, 0.05) is 4.88 Å². The predicted molar refractivity (Wildman–Crippen MR) is 76.3 cm³/mol. The van der Waals surface area contributed by atoms with Crippen molar-refractivity contribution >= 4 is 17.3 Å². The molecule has 0 unspecified atom stereocenters. The highest BCUT2D eigenvalue weighted by Gasteiger charge is 2.14. The van der Waals surface area contributed by atoms with E-state index in [1.807, 2.05) is 25.1 Å². The van der Waals surface area contributed by atoms with Crippen LogP contribution in [0.15, 0.2) is 36.4 Å². The molecule has 19 heavy (non-hydrogen) atoms. The number of aromatic carboxylic acids is 1. The summed E-state index contributed by atoms with van der Waals surface area (Å²) >= 11 is 1.25. The van der Waals surface area contributed by atoms with Gasteiger partial charge in [-0.25, -0.2) is 4.79 Å². The molecule has 0 atom stereocenters. The predicted octanol–water partition coefficient (Wildman–Crippen LogP) is 3.77. The van der Waals surface area contributed by atoms with Gasteiger partial charge in [0.25, 0.3) is 0 Å². The number of carboxylic acid groups (broad SMARTS) is 1. The average molecular weight is 276 g/mol. The zero-order valence-corrected chi connectivity index (χ0v) is 11.6. The summed E-state index contributed by atoms with van der Waals surface area (Å²) in [7, 11) is 0. The van der Waals surface area contributed by atoms with Crippen molar-refractivity contribution in [3.8, 4) is 5.75 Å². The van der Waals surface area contributed by atoms with Crippen LogP contribution in [0.1, 0.15) is 26.5 Å². The Kier molecular flexibility index (Phi) is 4.58. The Labute approximate surface area is 116 Å². The Hall–Kier alpha value is -1.81. The zero-order valence-electron chi connectivity index (χ0n) is 10.8. The second-order valence-electron chi connectivity index (χ2n) is 4.29. The first-order chi connectivity index (χ1) is 9.16. The fourth-order valence-electron chi connectivity index (χ4n) is 1.85. The highest BCUT2D eigenvalue weighted by Crippen LogP contribution is 2.28. The summed E-state index contributed by atoms with van der Waals surface area (Å²) in [5.74, 6) is -0.431. The fraction of sp³-hybridized carbons (Fsp3) is 0.267. The van der Waals surface area contributed by atoms with Crippen LogP contribution in [0, 0.1) is 6.92 Å². The third kappa shape index (κ3) is 3.83. The van der Waals surface area contributed by atoms with E-state index in [4.69, 9.17) is 9.84 Å². The quantitative estimate of drug-likeness (QED) is 0.817. The van der Waals surface area contributed by atoms with Crippen LogP contribution in [0.5, 0.6) is 5.75 Å². The Morgan fingerprint density at radius 3 is 2.74 bits per heavy atom. The molecule has 0 saturated carbocycles. The Morgan fingerprint density at radius 1 is 1.32 bits per heavy atom. The van der Waals surface area contributed by atoms with Crippen LogP contribution in [0.2, 0.25) is 0 Å². The minimum atomic E-state index is -0.920. The fourth-order valence-corrected chi connectivity index (χ4v) is 2.64. The van der Waals surface area contributed by atoms with E-state index in [0.29, 0.717) is 12.4 Å². The molecule has 0 spiro atoms. The van der Waals surface area contributed by atoms with Crippen LogP contribution >= 0.6 is 11.3 Å². The van der Waals surface area contributed by atoms with Crippen molar-refractivity contribution in [1.29, 1.82) is 0 Å². The van der Waals surface area contributed by atoms with Gasteiger partial charge in [0.1, 0.15) is 5.75 Å². The summed E-state index contributed by atoms with van der Waals surface area (Å²) in [6.45, 7) is 2.42. The van der Waals surface area contributed by atoms with Gasteiger partial charge in [-0.1, -0.05) is 30.3 Å². The molecule has 4 heteroatoms. The lowest BCUT2D eigenvalue weighted by molar-refractivity contribution is 0.0698. The van der Waals surface area contributed by atoms with Gasteiger partial charge in [-0.05, 0) is 31.4 Å². The van der Waals surface area contributed by atoms with Crippen molar-refractivity contribution < 1.29 is 14.6 Å². The summed E-state index contributed by atoms with van der Waals surface area (Å²) in [5, 5.41) is 9.04. The molecule has 0 amide bonds. The minimum Gasteiger partial charge on any atom is -0.492 e. The van der Waals surface area contributed by atoms with Gasteiger partial charge >= 0.3 is 5.97 Å². The van der Waals surface area contributed by atoms with Crippen LogP contribution < -0.4 is 4.74 Å². The molecule has 1 aromatic carbocycles. The molecule has 100 valence electrons. The molecule has 0 saturated heterocycles. The van der Waals surface area contributed by atoms with E-state index in [9.17, 15) is 4.79 Å². The number of carboxylic acids is 1. The molecular weight excluding hydrogens is 260 g/mol. The molecule has 0 bridgehead atoms. The molecule has 0 radical (unpaired) electrons. The monoisotopic (exact) mass is 276 g/mol. The highest BCUT2D eigenvalue weighted by atomic mass is 32.1. The topological polar surface area (TPSA) is 46.5 Å². The molecule has 3 nitrogen and oxygen atoms in total. The number of thiophene rings is 1. The Bertz CT molecular complexity index is 546. The molecule has 0 fully saturated rings. The molecule has 2 aromatic rings. The maximum Gasteiger partial charge on any atom is 0.349 e. The van der Waals surface area contributed by atoms with Gasteiger partial charge in [-0.2, -0.15) is 0 Å². The number of aryl methyl sites for hydroxylation is 2. The second-order valence-corrected chi connectivity index (χ2v) is 5.55. The molecule has 1 N–H and O–H groups in total. The Morgan fingerprint density at radius 2 is 2.05 bits per heavy atom. The van der Waals surface area contributed by atoms with Crippen molar-refractivity contribution in [2.75, 3.05) is 6.61 Å². The van der Waals surface area contributed by atoms with Crippen LogP contribution in [-0.2, 0) is 6.42 Å². The molecule has 0 aliphatic carbocycles. The standard InChI is InChI=1S/C15H16O3S/c1-11-10-13(14(19-11)15(16)17)18-9-5-8-12-6-3-2-4-7-12/h2-4,6-7,10H,5,8-9H2,1H3,(H,16,17). The van der Waals surface area contributed by atoms with Crippen molar-refractivity contribution in [2.24, 2.45) is 0 Å². The molecule has 0 aliphatic rings. The van der Waals surface area contributed by atoms with Gasteiger partial charge in [0.2, 0.25) is 0 Å². The van der Waals surface area contributed by atoms with Gasteiger partial charge in [-0.15, -0.1) is 11.3 Å². The summed E-state index contributed by atoms with van der Waals surface area (Å²) in [5.41, 5.74) is 1.27. The largest absolute Gasteiger partial charge is 0.492 e. The first kappa shape index (κ1) is 13.6. The number of carbonyl (C=O) groups is 1. The van der Waals surface area contributed by atoms with E-state index in [1.165, 1.54) is 16.9 Å². The first-order valence-electron chi connectivity index (χ1n) is 6.17. The SMILES string of the molecule is Cc1cc(OCCCc2ccccc2)c(C(=O)O)s1. The average Bonchev–Trinajstić information content (AvgIpc) is 2.77. The molecule has 1 aromatic heterocycles. The maximum absolute atomic E-state index is 11.0. The van der Waals surface area contributed by atoms with Crippen molar-refractivity contribution in [3.05, 3.63) is 51.7 Å². The van der Waals surface area contributed by atoms with Crippen LogP contribution in [0.3, 0.4) is 0 Å². The lowest BCUT2D eigenvalue weighted by Gasteiger charge is -2.05. The number of benzene rings is 1. The minimum absolute atomic E-state index is 0.289. The van der Waals surface area contributed by atoms with E-state index in [-0.39, 0.29) is 4.88 Å². The van der Waals surface area contributed by atoms with E-state index in [1.54, 1.807) is 6.07 Å². The lowest BCUT2D eigenvalue weighted by Crippen LogP contribution is -2.02. The number of rotatable bonds is 6. The van der Waals surface area contributed by atoms with E-state index in [0.717, 1.165) is 17.7 Å². The zero-order chi connectivity index (χ0) is 13.7. The van der Waals surface area contributed by atoms with Crippen molar-refractivity contribution in [1.82, 2.24) is 0 Å². The van der Waals surface area contributed by atoms with Crippen LogP contribution in [0.4, 0.5) is 0 Å². The number of hydrogen-bond acceptors (Lipinski definition) is 3. The normalized spacial score (nSPS) is 10.4. The molecular formula is C15H16O3S. The van der Waals surface area contributed by atoms with E-state index in [2.05, 4.69) is 12.1 Å². The Balaban J connectivity index is 1.84. The molecule has 2 rings (SSSR count). The van der Waals surface area contributed by atoms with Crippen molar-refractivity contribution in [3.63, 3.8) is 0 Å². The van der Waals surface area contributed by atoms with Crippen LogP contribution in [0.25, 0.3) is 0 Å². The summed E-state index contributed by atoms with van der Waals surface area (Å²) in [6.07, 6.45) is 1.81. The highest BCUT2D eigenvalue weighted by molar-refractivity contribution is 7.14. The van der Waals surface area contributed by atoms with Gasteiger partial charge in [-0.3, -0.25) is 0 Å². The van der Waals surface area contributed by atoms with Crippen molar-refractivity contribution in [2.45, 2.75) is 19.8 Å². The maximum atomic E-state index is 11.0. The third-order valence-corrected chi connectivity index (χ3v) is 3.75. The van der Waals surface area contributed by atoms with E-state index >= 15 is 0 Å². The summed E-state index contributed by atoms with van der Waals surface area (Å²) in [6, 6.07) is 12.0. The van der Waals surface area contributed by atoms with Gasteiger partial charge < -0.3 is 9.84 Å². The number of hydrogen-bond donors (Lipinski definition) is 1. The molecule has 1 heterocycles. The number of ether oxygens (including phenoxy) is 1. The smallest absolute Gasteiger partial charge is 0.349 e. The van der Waals surface area contributed by atoms with Crippen LogP contribution in [-0.4, -0.2) is 17.7 Å². The summed E-state index contributed by atoms with van der Waals surface area (Å²) < 4.78 is 5.57. The van der Waals surface area contributed by atoms with Gasteiger partial charge in [0.15, 0.2) is 4.88 Å². The second kappa shape index (κ2) is 6.38. The van der Waals surface area contributed by atoms with Gasteiger partial charge in [0.05, 0.1) is 6.61 Å². The third-order valence-electron chi connectivity index (χ3n) is 2.73. The first-order valence-corrected chi connectivity index (χ1v) is 6.99. The summed E-state index contributed by atoms with van der Waals surface area (Å²) in [4.78, 5) is 12.3. The lowest BCUT2D eigenvalue weighted by atomic mass is 10.1.